The van der Waals surface area contributed by atoms with E-state index in [2.05, 4.69) is 54.8 Å². The molecule has 1 aliphatic carbocycles. The first-order valence-electron chi connectivity index (χ1n) is 6.18. The third kappa shape index (κ3) is 1.74. The standard InChI is InChI=1S/C15H18N2/c1-15(9-10-15)14(17-16)13-8-4-6-11-5-2-3-7-12(11)13/h2-8,14,17H,9-10,16H2,1H3. The Balaban J connectivity index is 2.16. The van der Waals surface area contributed by atoms with Gasteiger partial charge in [0.05, 0.1) is 6.04 Å². The number of hydrazine groups is 1. The zero-order valence-corrected chi connectivity index (χ0v) is 10.1. The van der Waals surface area contributed by atoms with Crippen LogP contribution in [0.2, 0.25) is 0 Å². The molecule has 2 aromatic rings. The summed E-state index contributed by atoms with van der Waals surface area (Å²) in [5.74, 6) is 5.77. The van der Waals surface area contributed by atoms with E-state index in [1.54, 1.807) is 0 Å². The van der Waals surface area contributed by atoms with Crippen LogP contribution >= 0.6 is 0 Å². The van der Waals surface area contributed by atoms with Gasteiger partial charge in [-0.3, -0.25) is 11.3 Å². The highest BCUT2D eigenvalue weighted by Gasteiger charge is 2.45. The predicted molar refractivity (Wildman–Crippen MR) is 71.4 cm³/mol. The van der Waals surface area contributed by atoms with Crippen molar-refractivity contribution in [3.8, 4) is 0 Å². The zero-order valence-electron chi connectivity index (χ0n) is 10.1. The Hall–Kier alpha value is -1.38. The van der Waals surface area contributed by atoms with Gasteiger partial charge in [0.15, 0.2) is 0 Å². The Morgan fingerprint density at radius 3 is 2.53 bits per heavy atom. The fourth-order valence-corrected chi connectivity index (χ4v) is 2.65. The van der Waals surface area contributed by atoms with Gasteiger partial charge < -0.3 is 0 Å². The number of fused-ring (bicyclic) bond motifs is 1. The van der Waals surface area contributed by atoms with Crippen molar-refractivity contribution in [2.24, 2.45) is 11.3 Å². The van der Waals surface area contributed by atoms with Crippen LogP contribution in [-0.2, 0) is 0 Å². The second-order valence-corrected chi connectivity index (χ2v) is 5.32. The molecular formula is C15H18N2. The summed E-state index contributed by atoms with van der Waals surface area (Å²) < 4.78 is 0. The molecule has 2 aromatic carbocycles. The molecule has 1 saturated carbocycles. The minimum atomic E-state index is 0.258. The van der Waals surface area contributed by atoms with Crippen LogP contribution in [0.3, 0.4) is 0 Å². The van der Waals surface area contributed by atoms with Crippen LogP contribution in [0.15, 0.2) is 42.5 Å². The zero-order chi connectivity index (χ0) is 11.9. The third-order valence-electron chi connectivity index (χ3n) is 4.04. The van der Waals surface area contributed by atoms with E-state index in [4.69, 9.17) is 5.84 Å². The van der Waals surface area contributed by atoms with E-state index in [1.807, 2.05) is 0 Å². The van der Waals surface area contributed by atoms with Crippen LogP contribution in [0.5, 0.6) is 0 Å². The van der Waals surface area contributed by atoms with Crippen LogP contribution in [0, 0.1) is 5.41 Å². The molecule has 1 aliphatic rings. The number of rotatable bonds is 3. The SMILES string of the molecule is CC1(C(NN)c2cccc3ccccc23)CC1. The van der Waals surface area contributed by atoms with E-state index >= 15 is 0 Å². The van der Waals surface area contributed by atoms with Gasteiger partial charge in [-0.25, -0.2) is 0 Å². The molecule has 0 aromatic heterocycles. The molecule has 0 saturated heterocycles. The van der Waals surface area contributed by atoms with Crippen molar-refractivity contribution in [1.82, 2.24) is 5.43 Å². The van der Waals surface area contributed by atoms with Gasteiger partial charge in [0, 0.05) is 0 Å². The fourth-order valence-electron chi connectivity index (χ4n) is 2.65. The van der Waals surface area contributed by atoms with E-state index in [9.17, 15) is 0 Å². The van der Waals surface area contributed by atoms with E-state index in [0.29, 0.717) is 5.41 Å². The first kappa shape index (κ1) is 10.8. The van der Waals surface area contributed by atoms with Crippen LogP contribution in [0.4, 0.5) is 0 Å². The van der Waals surface area contributed by atoms with Crippen molar-refractivity contribution >= 4 is 10.8 Å². The average molecular weight is 226 g/mol. The summed E-state index contributed by atoms with van der Waals surface area (Å²) in [7, 11) is 0. The largest absolute Gasteiger partial charge is 0.271 e. The quantitative estimate of drug-likeness (QED) is 0.623. The van der Waals surface area contributed by atoms with Gasteiger partial charge in [-0.1, -0.05) is 49.4 Å². The van der Waals surface area contributed by atoms with Crippen LogP contribution < -0.4 is 11.3 Å². The molecule has 0 bridgehead atoms. The lowest BCUT2D eigenvalue weighted by atomic mass is 9.89. The smallest absolute Gasteiger partial charge is 0.0519 e. The monoisotopic (exact) mass is 226 g/mol. The van der Waals surface area contributed by atoms with Gasteiger partial charge in [-0.15, -0.1) is 0 Å². The molecule has 0 radical (unpaired) electrons. The van der Waals surface area contributed by atoms with Gasteiger partial charge in [0.1, 0.15) is 0 Å². The maximum Gasteiger partial charge on any atom is 0.0519 e. The molecule has 17 heavy (non-hydrogen) atoms. The molecule has 2 heteroatoms. The Labute approximate surface area is 102 Å². The maximum absolute atomic E-state index is 5.77. The molecule has 3 rings (SSSR count). The minimum Gasteiger partial charge on any atom is -0.271 e. The molecule has 0 spiro atoms. The van der Waals surface area contributed by atoms with Gasteiger partial charge in [0.2, 0.25) is 0 Å². The Bertz CT molecular complexity index is 538. The summed E-state index contributed by atoms with van der Waals surface area (Å²) in [5, 5.41) is 2.60. The number of nitrogens with one attached hydrogen (secondary N) is 1. The summed E-state index contributed by atoms with van der Waals surface area (Å²) >= 11 is 0. The third-order valence-corrected chi connectivity index (χ3v) is 4.04. The summed E-state index contributed by atoms with van der Waals surface area (Å²) in [6.45, 7) is 2.30. The van der Waals surface area contributed by atoms with Crippen molar-refractivity contribution in [3.63, 3.8) is 0 Å². The lowest BCUT2D eigenvalue weighted by Gasteiger charge is -2.24. The summed E-state index contributed by atoms with van der Waals surface area (Å²) in [6.07, 6.45) is 2.51. The highest BCUT2D eigenvalue weighted by molar-refractivity contribution is 5.86. The number of hydrogen-bond acceptors (Lipinski definition) is 2. The summed E-state index contributed by atoms with van der Waals surface area (Å²) in [4.78, 5) is 0. The number of hydrogen-bond donors (Lipinski definition) is 2. The topological polar surface area (TPSA) is 38.0 Å². The Morgan fingerprint density at radius 2 is 1.82 bits per heavy atom. The lowest BCUT2D eigenvalue weighted by Crippen LogP contribution is -2.33. The van der Waals surface area contributed by atoms with Crippen LogP contribution in [0.1, 0.15) is 31.4 Å². The predicted octanol–water partition coefficient (Wildman–Crippen LogP) is 3.14. The number of nitrogens with two attached hydrogens (primary N) is 1. The van der Waals surface area contributed by atoms with E-state index < -0.39 is 0 Å². The first-order chi connectivity index (χ1) is 8.24. The molecule has 3 N–H and O–H groups in total. The summed E-state index contributed by atoms with van der Waals surface area (Å²) in [6, 6.07) is 15.2. The van der Waals surface area contributed by atoms with Crippen LogP contribution in [-0.4, -0.2) is 0 Å². The van der Waals surface area contributed by atoms with Crippen molar-refractivity contribution < 1.29 is 0 Å². The summed E-state index contributed by atoms with van der Waals surface area (Å²) in [5.41, 5.74) is 4.67. The molecule has 0 amide bonds. The first-order valence-corrected chi connectivity index (χ1v) is 6.18. The second kappa shape index (κ2) is 3.83. The van der Waals surface area contributed by atoms with Gasteiger partial charge in [-0.05, 0) is 34.6 Å². The van der Waals surface area contributed by atoms with Gasteiger partial charge in [-0.2, -0.15) is 0 Å². The Kier molecular flexibility index (Phi) is 2.42. The van der Waals surface area contributed by atoms with E-state index in [0.717, 1.165) is 0 Å². The number of benzene rings is 2. The van der Waals surface area contributed by atoms with Gasteiger partial charge in [0.25, 0.3) is 0 Å². The van der Waals surface area contributed by atoms with Crippen molar-refractivity contribution in [1.29, 1.82) is 0 Å². The molecular weight excluding hydrogens is 208 g/mol. The molecule has 1 atom stereocenters. The van der Waals surface area contributed by atoms with E-state index in [-0.39, 0.29) is 6.04 Å². The van der Waals surface area contributed by atoms with Crippen molar-refractivity contribution in [2.75, 3.05) is 0 Å². The lowest BCUT2D eigenvalue weighted by molar-refractivity contribution is 0.374. The highest BCUT2D eigenvalue weighted by atomic mass is 15.2. The molecule has 0 aliphatic heterocycles. The highest BCUT2D eigenvalue weighted by Crippen LogP contribution is 2.54. The van der Waals surface area contributed by atoms with E-state index in [1.165, 1.54) is 29.2 Å². The fraction of sp³-hybridized carbons (Fsp3) is 0.333. The molecule has 2 nitrogen and oxygen atoms in total. The normalized spacial score (nSPS) is 19.2. The molecule has 1 fully saturated rings. The minimum absolute atomic E-state index is 0.258. The molecule has 1 unspecified atom stereocenters. The average Bonchev–Trinajstić information content (AvgIpc) is 3.09. The molecule has 0 heterocycles. The van der Waals surface area contributed by atoms with Crippen molar-refractivity contribution in [2.45, 2.75) is 25.8 Å². The van der Waals surface area contributed by atoms with Crippen LogP contribution in [0.25, 0.3) is 10.8 Å². The molecule has 88 valence electrons. The van der Waals surface area contributed by atoms with Gasteiger partial charge >= 0.3 is 0 Å². The second-order valence-electron chi connectivity index (χ2n) is 5.32. The van der Waals surface area contributed by atoms with Crippen molar-refractivity contribution in [3.05, 3.63) is 48.0 Å². The maximum atomic E-state index is 5.77. The Morgan fingerprint density at radius 1 is 1.12 bits per heavy atom.